The van der Waals surface area contributed by atoms with Crippen LogP contribution < -0.4 is 15.6 Å². The number of nitrogens with zero attached hydrogens (tertiary/aromatic N) is 2. The van der Waals surface area contributed by atoms with Gasteiger partial charge >= 0.3 is 0 Å². The van der Waals surface area contributed by atoms with Crippen LogP contribution in [0, 0.1) is 0 Å². The first kappa shape index (κ1) is 12.2. The Labute approximate surface area is 111 Å². The molecule has 19 heavy (non-hydrogen) atoms. The highest BCUT2D eigenvalue weighted by Gasteiger charge is 2.14. The van der Waals surface area contributed by atoms with E-state index in [1.54, 1.807) is 13.1 Å². The molecule has 0 unspecified atom stereocenters. The minimum atomic E-state index is -0.0410. The minimum Gasteiger partial charge on any atom is -0.490 e. The number of rotatable bonds is 2. The second kappa shape index (κ2) is 5.01. The maximum atomic E-state index is 12.0. The first-order chi connectivity index (χ1) is 9.24. The van der Waals surface area contributed by atoms with Crippen LogP contribution in [0.2, 0.25) is 0 Å². The third-order valence-electron chi connectivity index (χ3n) is 3.48. The van der Waals surface area contributed by atoms with Gasteiger partial charge in [0.05, 0.1) is 17.2 Å². The SMILES string of the molecule is Cn1cnc2ccc(OC3CCNCC3)cc2c1=O. The van der Waals surface area contributed by atoms with Crippen LogP contribution in [-0.4, -0.2) is 28.7 Å². The largest absolute Gasteiger partial charge is 0.490 e. The number of fused-ring (bicyclic) bond motifs is 1. The smallest absolute Gasteiger partial charge is 0.261 e. The van der Waals surface area contributed by atoms with Crippen molar-refractivity contribution in [2.45, 2.75) is 18.9 Å². The molecule has 3 rings (SSSR count). The average Bonchev–Trinajstić information content (AvgIpc) is 2.45. The fourth-order valence-electron chi connectivity index (χ4n) is 2.37. The molecule has 1 aromatic heterocycles. The molecule has 100 valence electrons. The molecule has 1 aliphatic heterocycles. The summed E-state index contributed by atoms with van der Waals surface area (Å²) < 4.78 is 7.43. The van der Waals surface area contributed by atoms with Gasteiger partial charge in [0.15, 0.2) is 0 Å². The number of nitrogens with one attached hydrogen (secondary N) is 1. The lowest BCUT2D eigenvalue weighted by Crippen LogP contribution is -2.34. The van der Waals surface area contributed by atoms with Gasteiger partial charge < -0.3 is 14.6 Å². The summed E-state index contributed by atoms with van der Waals surface area (Å²) in [5.41, 5.74) is 0.668. The predicted octanol–water partition coefficient (Wildman–Crippen LogP) is 1.06. The molecule has 0 atom stereocenters. The summed E-state index contributed by atoms with van der Waals surface area (Å²) >= 11 is 0. The van der Waals surface area contributed by atoms with Crippen LogP contribution in [0.4, 0.5) is 0 Å². The Morgan fingerprint density at radius 3 is 2.95 bits per heavy atom. The zero-order valence-corrected chi connectivity index (χ0v) is 10.9. The summed E-state index contributed by atoms with van der Waals surface area (Å²) in [6.07, 6.45) is 3.78. The van der Waals surface area contributed by atoms with Crippen LogP contribution in [-0.2, 0) is 7.05 Å². The number of benzene rings is 1. The van der Waals surface area contributed by atoms with E-state index in [0.29, 0.717) is 10.9 Å². The molecule has 1 N–H and O–H groups in total. The van der Waals surface area contributed by atoms with Crippen molar-refractivity contribution in [3.63, 3.8) is 0 Å². The molecule has 0 aliphatic carbocycles. The van der Waals surface area contributed by atoms with E-state index in [2.05, 4.69) is 10.3 Å². The molecular weight excluding hydrogens is 242 g/mol. The first-order valence-electron chi connectivity index (χ1n) is 6.57. The average molecular weight is 259 g/mol. The fourth-order valence-corrected chi connectivity index (χ4v) is 2.37. The number of aryl methyl sites for hydroxylation is 1. The summed E-state index contributed by atoms with van der Waals surface area (Å²) in [5, 5.41) is 3.91. The first-order valence-corrected chi connectivity index (χ1v) is 6.57. The maximum Gasteiger partial charge on any atom is 0.261 e. The van der Waals surface area contributed by atoms with Crippen LogP contribution in [0.25, 0.3) is 10.9 Å². The molecule has 1 aliphatic rings. The van der Waals surface area contributed by atoms with E-state index < -0.39 is 0 Å². The summed E-state index contributed by atoms with van der Waals surface area (Å²) in [6.45, 7) is 1.98. The summed E-state index contributed by atoms with van der Waals surface area (Å²) in [4.78, 5) is 16.3. The van der Waals surface area contributed by atoms with E-state index >= 15 is 0 Å². The number of hydrogen-bond donors (Lipinski definition) is 1. The minimum absolute atomic E-state index is 0.0410. The van der Waals surface area contributed by atoms with E-state index in [1.165, 1.54) is 10.9 Å². The van der Waals surface area contributed by atoms with Crippen molar-refractivity contribution in [2.75, 3.05) is 13.1 Å². The van der Waals surface area contributed by atoms with Gasteiger partial charge in [-0.25, -0.2) is 4.98 Å². The van der Waals surface area contributed by atoms with Gasteiger partial charge in [-0.1, -0.05) is 0 Å². The molecule has 0 radical (unpaired) electrons. The van der Waals surface area contributed by atoms with Crippen molar-refractivity contribution in [3.05, 3.63) is 34.9 Å². The fraction of sp³-hybridized carbons (Fsp3) is 0.429. The zero-order valence-electron chi connectivity index (χ0n) is 10.9. The molecule has 1 fully saturated rings. The summed E-state index contributed by atoms with van der Waals surface area (Å²) in [5.74, 6) is 0.754. The van der Waals surface area contributed by atoms with Gasteiger partial charge in [-0.15, -0.1) is 0 Å². The standard InChI is InChI=1S/C14H17N3O2/c1-17-9-16-13-3-2-11(8-12(13)14(17)18)19-10-4-6-15-7-5-10/h2-3,8-10,15H,4-7H2,1H3. The van der Waals surface area contributed by atoms with Crippen LogP contribution in [0.3, 0.4) is 0 Å². The molecule has 1 aromatic carbocycles. The van der Waals surface area contributed by atoms with Crippen molar-refractivity contribution in [1.29, 1.82) is 0 Å². The highest BCUT2D eigenvalue weighted by Crippen LogP contribution is 2.20. The van der Waals surface area contributed by atoms with Crippen LogP contribution >= 0.6 is 0 Å². The molecule has 0 spiro atoms. The highest BCUT2D eigenvalue weighted by molar-refractivity contribution is 5.78. The van der Waals surface area contributed by atoms with Crippen molar-refractivity contribution in [3.8, 4) is 5.75 Å². The molecule has 0 saturated carbocycles. The third-order valence-corrected chi connectivity index (χ3v) is 3.48. The number of ether oxygens (including phenoxy) is 1. The molecule has 0 amide bonds. The Balaban J connectivity index is 1.92. The molecule has 2 heterocycles. The topological polar surface area (TPSA) is 56.1 Å². The molecule has 5 heteroatoms. The van der Waals surface area contributed by atoms with Gasteiger partial charge in [0, 0.05) is 7.05 Å². The Morgan fingerprint density at radius 1 is 1.37 bits per heavy atom. The van der Waals surface area contributed by atoms with Gasteiger partial charge in [-0.3, -0.25) is 4.79 Å². The van der Waals surface area contributed by atoms with E-state index in [9.17, 15) is 4.79 Å². The summed E-state index contributed by atoms with van der Waals surface area (Å²) in [6, 6.07) is 5.52. The molecule has 2 aromatic rings. The van der Waals surface area contributed by atoms with Gasteiger partial charge in [0.2, 0.25) is 0 Å². The zero-order chi connectivity index (χ0) is 13.2. The quantitative estimate of drug-likeness (QED) is 0.876. The van der Waals surface area contributed by atoms with Crippen molar-refractivity contribution in [2.24, 2.45) is 7.05 Å². The highest BCUT2D eigenvalue weighted by atomic mass is 16.5. The van der Waals surface area contributed by atoms with E-state index in [4.69, 9.17) is 4.74 Å². The predicted molar refractivity (Wildman–Crippen MR) is 73.5 cm³/mol. The summed E-state index contributed by atoms with van der Waals surface area (Å²) in [7, 11) is 1.70. The number of hydrogen-bond acceptors (Lipinski definition) is 4. The lowest BCUT2D eigenvalue weighted by molar-refractivity contribution is 0.162. The molecule has 5 nitrogen and oxygen atoms in total. The maximum absolute atomic E-state index is 12.0. The second-order valence-corrected chi connectivity index (χ2v) is 4.91. The van der Waals surface area contributed by atoms with Gasteiger partial charge in [-0.05, 0) is 44.1 Å². The molecule has 1 saturated heterocycles. The molecule has 0 bridgehead atoms. The van der Waals surface area contributed by atoms with Crippen molar-refractivity contribution in [1.82, 2.24) is 14.9 Å². The molecular formula is C14H17N3O2. The third kappa shape index (κ3) is 2.46. The van der Waals surface area contributed by atoms with Gasteiger partial charge in [0.25, 0.3) is 5.56 Å². The van der Waals surface area contributed by atoms with Crippen LogP contribution in [0.5, 0.6) is 5.75 Å². The van der Waals surface area contributed by atoms with Crippen LogP contribution in [0.15, 0.2) is 29.3 Å². The van der Waals surface area contributed by atoms with E-state index in [-0.39, 0.29) is 11.7 Å². The normalized spacial score (nSPS) is 16.7. The lowest BCUT2D eigenvalue weighted by Gasteiger charge is -2.23. The van der Waals surface area contributed by atoms with E-state index in [1.807, 2.05) is 12.1 Å². The second-order valence-electron chi connectivity index (χ2n) is 4.91. The number of aromatic nitrogens is 2. The van der Waals surface area contributed by atoms with Gasteiger partial charge in [-0.2, -0.15) is 0 Å². The van der Waals surface area contributed by atoms with Gasteiger partial charge in [0.1, 0.15) is 11.9 Å². The lowest BCUT2D eigenvalue weighted by atomic mass is 10.1. The monoisotopic (exact) mass is 259 g/mol. The van der Waals surface area contributed by atoms with Crippen molar-refractivity contribution < 1.29 is 4.74 Å². The van der Waals surface area contributed by atoms with Crippen LogP contribution in [0.1, 0.15) is 12.8 Å². The Kier molecular flexibility index (Phi) is 3.21. The Morgan fingerprint density at radius 2 is 2.16 bits per heavy atom. The Bertz CT molecular complexity index is 645. The van der Waals surface area contributed by atoms with E-state index in [0.717, 1.165) is 31.7 Å². The number of piperidine rings is 1. The Hall–Kier alpha value is -1.88. The van der Waals surface area contributed by atoms with Crippen molar-refractivity contribution >= 4 is 10.9 Å².